The summed E-state index contributed by atoms with van der Waals surface area (Å²) in [6, 6.07) is 13.3. The third-order valence-electron chi connectivity index (χ3n) is 6.02. The van der Waals surface area contributed by atoms with Crippen molar-refractivity contribution in [3.8, 4) is 29.1 Å². The zero-order chi connectivity index (χ0) is 23.0. The van der Waals surface area contributed by atoms with Crippen molar-refractivity contribution >= 4 is 0 Å². The number of hydrogen-bond acceptors (Lipinski definition) is 6. The molecule has 0 aliphatic heterocycles. The Morgan fingerprint density at radius 2 is 1.61 bits per heavy atom. The van der Waals surface area contributed by atoms with Crippen LogP contribution in [0.4, 0.5) is 0 Å². The number of benzene rings is 2. The molecule has 2 aromatic rings. The van der Waals surface area contributed by atoms with Crippen molar-refractivity contribution in [2.75, 3.05) is 34.4 Å². The molecule has 0 fully saturated rings. The number of phenols is 2. The lowest BCUT2D eigenvalue weighted by Gasteiger charge is -2.32. The molecule has 2 rings (SSSR count). The summed E-state index contributed by atoms with van der Waals surface area (Å²) in [7, 11) is 5.11. The quantitative estimate of drug-likeness (QED) is 0.551. The minimum absolute atomic E-state index is 0.0557. The molecule has 168 valence electrons. The van der Waals surface area contributed by atoms with Gasteiger partial charge >= 0.3 is 0 Å². The van der Waals surface area contributed by atoms with Crippen LogP contribution in [0, 0.1) is 17.2 Å². The van der Waals surface area contributed by atoms with Gasteiger partial charge in [-0.2, -0.15) is 5.26 Å². The third kappa shape index (κ3) is 5.83. The van der Waals surface area contributed by atoms with E-state index < -0.39 is 5.41 Å². The molecule has 6 nitrogen and oxygen atoms in total. The molecule has 0 radical (unpaired) electrons. The SMILES string of the molecule is COc1ccc(CCN(C)CCCC(C#N)(c2ccc(OC)c(O)c2)C(C)C)cc1O. The van der Waals surface area contributed by atoms with Crippen molar-refractivity contribution in [1.82, 2.24) is 4.90 Å². The number of hydrogen-bond donors (Lipinski definition) is 2. The molecule has 0 aromatic heterocycles. The number of likely N-dealkylation sites (N-methyl/N-ethyl adjacent to an activating group) is 1. The van der Waals surface area contributed by atoms with E-state index in [-0.39, 0.29) is 17.4 Å². The van der Waals surface area contributed by atoms with Crippen LogP contribution in [0.5, 0.6) is 23.0 Å². The second-order valence-corrected chi connectivity index (χ2v) is 8.29. The summed E-state index contributed by atoms with van der Waals surface area (Å²) in [5, 5.41) is 30.2. The van der Waals surface area contributed by atoms with Crippen LogP contribution in [0.1, 0.15) is 37.8 Å². The van der Waals surface area contributed by atoms with Gasteiger partial charge in [-0.05, 0) is 74.2 Å². The number of ether oxygens (including phenoxy) is 2. The summed E-state index contributed by atoms with van der Waals surface area (Å²) in [5.74, 6) is 1.19. The average Bonchev–Trinajstić information content (AvgIpc) is 2.75. The fourth-order valence-electron chi connectivity index (χ4n) is 3.93. The van der Waals surface area contributed by atoms with Gasteiger partial charge in [0.15, 0.2) is 23.0 Å². The second-order valence-electron chi connectivity index (χ2n) is 8.29. The van der Waals surface area contributed by atoms with Gasteiger partial charge in [0.1, 0.15) is 0 Å². The molecule has 0 aliphatic carbocycles. The fraction of sp³-hybridized carbons (Fsp3) is 0.480. The van der Waals surface area contributed by atoms with E-state index in [9.17, 15) is 15.5 Å². The predicted octanol–water partition coefficient (Wildman–Crippen LogP) is 4.49. The maximum absolute atomic E-state index is 10.2. The van der Waals surface area contributed by atoms with E-state index in [2.05, 4.69) is 18.0 Å². The maximum atomic E-state index is 10.2. The summed E-state index contributed by atoms with van der Waals surface area (Å²) >= 11 is 0. The van der Waals surface area contributed by atoms with Crippen molar-refractivity contribution in [3.63, 3.8) is 0 Å². The molecule has 0 amide bonds. The first-order chi connectivity index (χ1) is 14.8. The highest BCUT2D eigenvalue weighted by molar-refractivity contribution is 5.46. The Morgan fingerprint density at radius 3 is 2.13 bits per heavy atom. The molecular formula is C25H34N2O4. The lowest BCUT2D eigenvalue weighted by atomic mass is 9.69. The molecule has 2 aromatic carbocycles. The Balaban J connectivity index is 1.99. The number of nitriles is 1. The van der Waals surface area contributed by atoms with Crippen LogP contribution in [0.2, 0.25) is 0 Å². The second kappa shape index (κ2) is 10.9. The molecule has 0 bridgehead atoms. The number of methoxy groups -OCH3 is 2. The van der Waals surface area contributed by atoms with Crippen molar-refractivity contribution in [3.05, 3.63) is 47.5 Å². The zero-order valence-electron chi connectivity index (χ0n) is 19.2. The largest absolute Gasteiger partial charge is 0.504 e. The summed E-state index contributed by atoms with van der Waals surface area (Å²) < 4.78 is 10.2. The molecule has 1 unspecified atom stereocenters. The van der Waals surface area contributed by atoms with Crippen LogP contribution >= 0.6 is 0 Å². The Labute approximate surface area is 185 Å². The molecule has 0 heterocycles. The van der Waals surface area contributed by atoms with Crippen LogP contribution in [0.25, 0.3) is 0 Å². The minimum Gasteiger partial charge on any atom is -0.504 e. The molecule has 0 aliphatic rings. The molecule has 6 heteroatoms. The highest BCUT2D eigenvalue weighted by atomic mass is 16.5. The Bertz CT molecular complexity index is 907. The first-order valence-corrected chi connectivity index (χ1v) is 10.6. The molecule has 2 N–H and O–H groups in total. The number of aromatic hydroxyl groups is 2. The van der Waals surface area contributed by atoms with Crippen LogP contribution in [0.3, 0.4) is 0 Å². The number of phenolic OH excluding ortho intramolecular Hbond substituents is 2. The standard InChI is InChI=1S/C25H34N2O4/c1-18(2)25(17-26,20-8-10-24(31-5)22(29)16-20)12-6-13-27(3)14-11-19-7-9-23(30-4)21(28)15-19/h7-10,15-16,18,28-29H,6,11-14H2,1-5H3. The van der Waals surface area contributed by atoms with E-state index in [1.807, 2.05) is 26.0 Å². The first-order valence-electron chi connectivity index (χ1n) is 10.6. The van der Waals surface area contributed by atoms with E-state index >= 15 is 0 Å². The smallest absolute Gasteiger partial charge is 0.160 e. The lowest BCUT2D eigenvalue weighted by Crippen LogP contribution is -2.32. The molecule has 0 saturated heterocycles. The topological polar surface area (TPSA) is 86.0 Å². The summed E-state index contributed by atoms with van der Waals surface area (Å²) in [4.78, 5) is 2.23. The van der Waals surface area contributed by atoms with Gasteiger partial charge in [-0.15, -0.1) is 0 Å². The van der Waals surface area contributed by atoms with Gasteiger partial charge in [0.2, 0.25) is 0 Å². The van der Waals surface area contributed by atoms with E-state index in [0.29, 0.717) is 17.9 Å². The monoisotopic (exact) mass is 426 g/mol. The van der Waals surface area contributed by atoms with Gasteiger partial charge in [-0.25, -0.2) is 0 Å². The minimum atomic E-state index is -0.674. The van der Waals surface area contributed by atoms with Crippen molar-refractivity contribution in [2.24, 2.45) is 5.92 Å². The number of rotatable bonds is 11. The highest BCUT2D eigenvalue weighted by Gasteiger charge is 2.36. The predicted molar refractivity (Wildman–Crippen MR) is 122 cm³/mol. The molecule has 0 spiro atoms. The van der Waals surface area contributed by atoms with Crippen molar-refractivity contribution in [2.45, 2.75) is 38.5 Å². The summed E-state index contributed by atoms with van der Waals surface area (Å²) in [6.07, 6.45) is 2.36. The molecule has 1 atom stereocenters. The lowest BCUT2D eigenvalue weighted by molar-refractivity contribution is 0.293. The van der Waals surface area contributed by atoms with E-state index in [4.69, 9.17) is 9.47 Å². The molecule has 31 heavy (non-hydrogen) atoms. The van der Waals surface area contributed by atoms with Gasteiger partial charge in [-0.1, -0.05) is 26.0 Å². The summed E-state index contributed by atoms with van der Waals surface area (Å²) in [6.45, 7) is 5.78. The maximum Gasteiger partial charge on any atom is 0.160 e. The van der Waals surface area contributed by atoms with Crippen LogP contribution in [0.15, 0.2) is 36.4 Å². The van der Waals surface area contributed by atoms with Crippen molar-refractivity contribution < 1.29 is 19.7 Å². The van der Waals surface area contributed by atoms with Gasteiger partial charge in [-0.3, -0.25) is 0 Å². The van der Waals surface area contributed by atoms with Crippen molar-refractivity contribution in [1.29, 1.82) is 5.26 Å². The highest BCUT2D eigenvalue weighted by Crippen LogP contribution is 2.40. The zero-order valence-corrected chi connectivity index (χ0v) is 19.2. The van der Waals surface area contributed by atoms with Crippen LogP contribution in [-0.4, -0.2) is 49.5 Å². The van der Waals surface area contributed by atoms with Gasteiger partial charge < -0.3 is 24.6 Å². The van der Waals surface area contributed by atoms with E-state index in [1.165, 1.54) is 14.2 Å². The van der Waals surface area contributed by atoms with Gasteiger partial charge in [0.25, 0.3) is 0 Å². The average molecular weight is 427 g/mol. The normalized spacial score (nSPS) is 13.1. The summed E-state index contributed by atoms with van der Waals surface area (Å²) in [5.41, 5.74) is 1.19. The van der Waals surface area contributed by atoms with Crippen LogP contribution in [-0.2, 0) is 11.8 Å². The Morgan fingerprint density at radius 1 is 1.00 bits per heavy atom. The van der Waals surface area contributed by atoms with Gasteiger partial charge in [0.05, 0.1) is 25.7 Å². The molecular weight excluding hydrogens is 392 g/mol. The molecule has 0 saturated carbocycles. The fourth-order valence-corrected chi connectivity index (χ4v) is 3.93. The third-order valence-corrected chi connectivity index (χ3v) is 6.02. The van der Waals surface area contributed by atoms with E-state index in [1.54, 1.807) is 24.3 Å². The Hall–Kier alpha value is -2.91. The first kappa shape index (κ1) is 24.4. The van der Waals surface area contributed by atoms with Crippen LogP contribution < -0.4 is 9.47 Å². The van der Waals surface area contributed by atoms with Gasteiger partial charge in [0, 0.05) is 6.54 Å². The number of nitrogens with zero attached hydrogens (tertiary/aromatic N) is 2. The Kier molecular flexibility index (Phi) is 8.58. The van der Waals surface area contributed by atoms with E-state index in [0.717, 1.165) is 37.1 Å².